The summed E-state index contributed by atoms with van der Waals surface area (Å²) in [6, 6.07) is 5.84. The lowest BCUT2D eigenvalue weighted by Crippen LogP contribution is -2.50. The fraction of sp³-hybridized carbons (Fsp3) is 0.560. The summed E-state index contributed by atoms with van der Waals surface area (Å²) in [7, 11) is 3.38. The molecule has 1 aromatic rings. The number of hydrogen-bond acceptors (Lipinski definition) is 5. The maximum Gasteiger partial charge on any atom is 0.255 e. The topological polar surface area (TPSA) is 50.8 Å². The van der Waals surface area contributed by atoms with Gasteiger partial charge in [0.2, 0.25) is 0 Å². The number of ether oxygens (including phenoxy) is 2. The highest BCUT2D eigenvalue weighted by Crippen LogP contribution is 2.38. The van der Waals surface area contributed by atoms with Gasteiger partial charge >= 0.3 is 0 Å². The molecule has 170 valence electrons. The van der Waals surface area contributed by atoms with E-state index in [4.69, 9.17) is 9.47 Å². The Morgan fingerprint density at radius 3 is 2.55 bits per heavy atom. The summed E-state index contributed by atoms with van der Waals surface area (Å²) in [4.78, 5) is 16.0. The van der Waals surface area contributed by atoms with Crippen molar-refractivity contribution in [1.29, 1.82) is 0 Å². The Kier molecular flexibility index (Phi) is 7.43. The van der Waals surface area contributed by atoms with Crippen molar-refractivity contribution in [1.82, 2.24) is 10.2 Å². The molecule has 3 rings (SSSR count). The summed E-state index contributed by atoms with van der Waals surface area (Å²) in [5.41, 5.74) is 2.85. The van der Waals surface area contributed by atoms with Crippen molar-refractivity contribution in [2.45, 2.75) is 63.9 Å². The van der Waals surface area contributed by atoms with Gasteiger partial charge in [-0.15, -0.1) is 11.8 Å². The first-order valence-electron chi connectivity index (χ1n) is 10.9. The number of hydrogen-bond donors (Lipinski definition) is 1. The van der Waals surface area contributed by atoms with Crippen LogP contribution in [0.2, 0.25) is 0 Å². The van der Waals surface area contributed by atoms with E-state index >= 15 is 0 Å². The average Bonchev–Trinajstić information content (AvgIpc) is 3.34. The number of thioether (sulfide) groups is 1. The maximum absolute atomic E-state index is 13.9. The van der Waals surface area contributed by atoms with Gasteiger partial charge in [-0.25, -0.2) is 0 Å². The van der Waals surface area contributed by atoms with Crippen LogP contribution in [-0.2, 0) is 10.2 Å². The van der Waals surface area contributed by atoms with E-state index in [9.17, 15) is 4.79 Å². The van der Waals surface area contributed by atoms with E-state index in [1.54, 1.807) is 26.0 Å². The van der Waals surface area contributed by atoms with Gasteiger partial charge in [-0.3, -0.25) is 4.79 Å². The smallest absolute Gasteiger partial charge is 0.255 e. The molecular formula is C25H36N2O3S. The minimum atomic E-state index is -0.0653. The van der Waals surface area contributed by atoms with Gasteiger partial charge < -0.3 is 19.7 Å². The van der Waals surface area contributed by atoms with Crippen molar-refractivity contribution in [2.24, 2.45) is 5.92 Å². The molecule has 2 heterocycles. The average molecular weight is 445 g/mol. The third-order valence-electron chi connectivity index (χ3n) is 5.80. The second kappa shape index (κ2) is 9.70. The van der Waals surface area contributed by atoms with Gasteiger partial charge in [0.15, 0.2) is 0 Å². The van der Waals surface area contributed by atoms with E-state index in [0.717, 1.165) is 23.3 Å². The maximum atomic E-state index is 13.9. The molecule has 1 amide bonds. The molecule has 6 heteroatoms. The number of amides is 1. The molecule has 3 atom stereocenters. The molecule has 2 aliphatic rings. The van der Waals surface area contributed by atoms with E-state index in [-0.39, 0.29) is 28.8 Å². The molecule has 0 bridgehead atoms. The van der Waals surface area contributed by atoms with Gasteiger partial charge in [0.05, 0.1) is 25.8 Å². The zero-order chi connectivity index (χ0) is 22.8. The van der Waals surface area contributed by atoms with E-state index < -0.39 is 0 Å². The van der Waals surface area contributed by atoms with Crippen LogP contribution in [0.4, 0.5) is 0 Å². The first-order chi connectivity index (χ1) is 14.7. The number of methoxy groups -OCH3 is 2. The van der Waals surface area contributed by atoms with Crippen molar-refractivity contribution < 1.29 is 14.3 Å². The molecule has 5 nitrogen and oxygen atoms in total. The fourth-order valence-corrected chi connectivity index (χ4v) is 5.39. The quantitative estimate of drug-likeness (QED) is 0.604. The van der Waals surface area contributed by atoms with Crippen LogP contribution in [0.1, 0.15) is 57.0 Å². The van der Waals surface area contributed by atoms with Gasteiger partial charge in [0.1, 0.15) is 11.1 Å². The predicted octanol–water partition coefficient (Wildman–Crippen LogP) is 4.94. The molecule has 0 aromatic heterocycles. The van der Waals surface area contributed by atoms with Crippen molar-refractivity contribution >= 4 is 17.7 Å². The summed E-state index contributed by atoms with van der Waals surface area (Å²) in [5.74, 6) is 1.26. The van der Waals surface area contributed by atoms with Crippen LogP contribution in [0.25, 0.3) is 0 Å². The van der Waals surface area contributed by atoms with E-state index in [0.29, 0.717) is 18.1 Å². The van der Waals surface area contributed by atoms with Crippen LogP contribution in [0.5, 0.6) is 5.75 Å². The first-order valence-corrected chi connectivity index (χ1v) is 11.9. The van der Waals surface area contributed by atoms with Crippen molar-refractivity contribution in [2.75, 3.05) is 20.8 Å². The van der Waals surface area contributed by atoms with E-state index in [1.165, 1.54) is 0 Å². The number of nitrogens with zero attached hydrogens (tertiary/aromatic N) is 1. The van der Waals surface area contributed by atoms with Crippen LogP contribution in [-0.4, -0.2) is 49.1 Å². The summed E-state index contributed by atoms with van der Waals surface area (Å²) < 4.78 is 11.2. The second-order valence-electron chi connectivity index (χ2n) is 9.72. The predicted molar refractivity (Wildman–Crippen MR) is 129 cm³/mol. The van der Waals surface area contributed by atoms with Crippen molar-refractivity contribution in [3.63, 3.8) is 0 Å². The lowest BCUT2D eigenvalue weighted by Gasteiger charge is -2.36. The molecule has 31 heavy (non-hydrogen) atoms. The first kappa shape index (κ1) is 23.7. The number of carbonyl (C=O) groups is 1. The summed E-state index contributed by atoms with van der Waals surface area (Å²) in [6.07, 6.45) is 5.12. The van der Waals surface area contributed by atoms with Gasteiger partial charge in [-0.2, -0.15) is 0 Å². The zero-order valence-corrected chi connectivity index (χ0v) is 20.6. The van der Waals surface area contributed by atoms with Gasteiger partial charge in [0, 0.05) is 18.9 Å². The highest BCUT2D eigenvalue weighted by molar-refractivity contribution is 8.03. The lowest BCUT2D eigenvalue weighted by atomic mass is 9.85. The molecule has 0 spiro atoms. The molecule has 1 aromatic carbocycles. The van der Waals surface area contributed by atoms with Crippen LogP contribution in [0, 0.1) is 5.92 Å². The second-order valence-corrected chi connectivity index (χ2v) is 10.8. The molecular weight excluding hydrogens is 408 g/mol. The molecule has 1 N–H and O–H groups in total. The molecule has 0 saturated carbocycles. The standard InChI is InChI=1S/C25H36N2O3S/c1-16(2)12-19-13-18(15-29-6)22(23-26-10-11-31-23)27(19)24(28)17-8-9-20(25(3,4)5)21(14-17)30-7/h8-11,13-14,16,19,22-23,26H,12,15H2,1-7H3/t19?,22-,23?/m1/s1. The van der Waals surface area contributed by atoms with Crippen LogP contribution < -0.4 is 10.1 Å². The molecule has 0 radical (unpaired) electrons. The molecule has 2 aliphatic heterocycles. The van der Waals surface area contributed by atoms with E-state index in [1.807, 2.05) is 24.4 Å². The van der Waals surface area contributed by atoms with Crippen LogP contribution in [0.3, 0.4) is 0 Å². The Morgan fingerprint density at radius 1 is 1.26 bits per heavy atom. The number of rotatable bonds is 7. The number of benzene rings is 1. The normalized spacial score (nSPS) is 23.3. The van der Waals surface area contributed by atoms with Crippen LogP contribution in [0.15, 0.2) is 41.5 Å². The largest absolute Gasteiger partial charge is 0.496 e. The zero-order valence-electron chi connectivity index (χ0n) is 19.8. The molecule has 0 aliphatic carbocycles. The Balaban J connectivity index is 2.00. The number of nitrogens with one attached hydrogen (secondary N) is 1. The SMILES string of the molecule is COCC1=CC(CC(C)C)N(C(=O)c2ccc(C(C)(C)C)c(OC)c2)[C@H]1C1NC=CS1. The third kappa shape index (κ3) is 5.12. The number of carbonyl (C=O) groups excluding carboxylic acids is 1. The monoisotopic (exact) mass is 444 g/mol. The van der Waals surface area contributed by atoms with Crippen molar-refractivity contribution in [3.05, 3.63) is 52.6 Å². The third-order valence-corrected chi connectivity index (χ3v) is 6.78. The Morgan fingerprint density at radius 2 is 2.00 bits per heavy atom. The summed E-state index contributed by atoms with van der Waals surface area (Å²) in [5, 5.41) is 5.55. The fourth-order valence-electron chi connectivity index (χ4n) is 4.45. The van der Waals surface area contributed by atoms with E-state index in [2.05, 4.69) is 56.3 Å². The minimum Gasteiger partial charge on any atom is -0.496 e. The Labute approximate surface area is 191 Å². The molecule has 2 unspecified atom stereocenters. The summed E-state index contributed by atoms with van der Waals surface area (Å²) >= 11 is 1.71. The van der Waals surface area contributed by atoms with Gasteiger partial charge in [0.25, 0.3) is 5.91 Å². The lowest BCUT2D eigenvalue weighted by molar-refractivity contribution is 0.0649. The van der Waals surface area contributed by atoms with Crippen LogP contribution >= 0.6 is 11.8 Å². The molecule has 0 fully saturated rings. The highest BCUT2D eigenvalue weighted by Gasteiger charge is 2.43. The Hall–Kier alpha value is -1.92. The van der Waals surface area contributed by atoms with Crippen molar-refractivity contribution in [3.8, 4) is 5.75 Å². The van der Waals surface area contributed by atoms with Gasteiger partial charge in [-0.05, 0) is 46.4 Å². The summed E-state index contributed by atoms with van der Waals surface area (Å²) in [6.45, 7) is 11.4. The minimum absolute atomic E-state index is 0.0334. The Bertz CT molecular complexity index is 849. The van der Waals surface area contributed by atoms with Gasteiger partial charge in [-0.1, -0.05) is 46.8 Å². The molecule has 0 saturated heterocycles. The highest BCUT2D eigenvalue weighted by atomic mass is 32.2.